The highest BCUT2D eigenvalue weighted by Crippen LogP contribution is 2.43. The highest BCUT2D eigenvalue weighted by Gasteiger charge is 2.41. The predicted molar refractivity (Wildman–Crippen MR) is 73.1 cm³/mol. The molecule has 2 aromatic rings. The van der Waals surface area contributed by atoms with E-state index in [4.69, 9.17) is 0 Å². The van der Waals surface area contributed by atoms with Crippen LogP contribution < -0.4 is 5.56 Å². The minimum absolute atomic E-state index is 0.0228. The van der Waals surface area contributed by atoms with Gasteiger partial charge in [0.05, 0.1) is 17.0 Å². The summed E-state index contributed by atoms with van der Waals surface area (Å²) in [5.41, 5.74) is 0.448. The molecule has 3 rings (SSSR count). The van der Waals surface area contributed by atoms with Crippen LogP contribution in [-0.2, 0) is 0 Å². The minimum atomic E-state index is -4.11. The van der Waals surface area contributed by atoms with Crippen molar-refractivity contribution in [3.05, 3.63) is 40.3 Å². The molecule has 3 nitrogen and oxygen atoms in total. The zero-order chi connectivity index (χ0) is 15.0. The average molecular weight is 296 g/mol. The average Bonchev–Trinajstić information content (AvgIpc) is 2.47. The molecule has 0 unspecified atom stereocenters. The molecule has 1 aliphatic rings. The number of benzene rings is 1. The second-order valence-electron chi connectivity index (χ2n) is 5.57. The summed E-state index contributed by atoms with van der Waals surface area (Å²) >= 11 is 0. The number of halogens is 3. The Morgan fingerprint density at radius 1 is 1.05 bits per heavy atom. The normalized spacial score (nSPS) is 23.4. The number of hydrogen-bond acceptors (Lipinski definition) is 2. The molecule has 6 heteroatoms. The molecule has 1 fully saturated rings. The van der Waals surface area contributed by atoms with Crippen molar-refractivity contribution in [3.63, 3.8) is 0 Å². The Kier molecular flexibility index (Phi) is 3.47. The van der Waals surface area contributed by atoms with Gasteiger partial charge in [-0.3, -0.25) is 4.79 Å². The molecule has 1 saturated carbocycles. The molecule has 1 aromatic heterocycles. The fourth-order valence-electron chi connectivity index (χ4n) is 3.14. The standard InChI is InChI=1S/C15H15F3N2O/c16-15(17,18)10-7-5-9(6-8-10)13-11-3-1-2-4-12(11)14(21)20-19-13/h1-4,9-10H,5-8H2,(H,20,21). The molecule has 0 saturated heterocycles. The van der Waals surface area contributed by atoms with Crippen molar-refractivity contribution in [3.8, 4) is 0 Å². The highest BCUT2D eigenvalue weighted by molar-refractivity contribution is 5.83. The molecule has 1 aromatic carbocycles. The van der Waals surface area contributed by atoms with Gasteiger partial charge in [-0.05, 0) is 31.7 Å². The first-order valence-electron chi connectivity index (χ1n) is 7.01. The van der Waals surface area contributed by atoms with Gasteiger partial charge in [0, 0.05) is 11.3 Å². The summed E-state index contributed by atoms with van der Waals surface area (Å²) in [4.78, 5) is 11.7. The van der Waals surface area contributed by atoms with Crippen LogP contribution in [-0.4, -0.2) is 16.4 Å². The molecule has 0 atom stereocenters. The van der Waals surface area contributed by atoms with Crippen molar-refractivity contribution in [2.24, 2.45) is 5.92 Å². The SMILES string of the molecule is O=c1[nH]nc(C2CCC(C(F)(F)F)CC2)c2ccccc12. The summed E-state index contributed by atoms with van der Waals surface area (Å²) in [5, 5.41) is 7.84. The van der Waals surface area contributed by atoms with Crippen LogP contribution in [0.25, 0.3) is 10.8 Å². The first kappa shape index (κ1) is 14.1. The fourth-order valence-corrected chi connectivity index (χ4v) is 3.14. The number of nitrogens with zero attached hydrogens (tertiary/aromatic N) is 1. The number of rotatable bonds is 1. The summed E-state index contributed by atoms with van der Waals surface area (Å²) in [6.07, 6.45) is -2.95. The van der Waals surface area contributed by atoms with Crippen LogP contribution in [0.15, 0.2) is 29.1 Å². The molecule has 1 heterocycles. The van der Waals surface area contributed by atoms with E-state index in [-0.39, 0.29) is 24.3 Å². The monoisotopic (exact) mass is 296 g/mol. The lowest BCUT2D eigenvalue weighted by molar-refractivity contribution is -0.182. The number of alkyl halides is 3. The number of nitrogens with one attached hydrogen (secondary N) is 1. The number of aromatic amines is 1. The number of fused-ring (bicyclic) bond motifs is 1. The van der Waals surface area contributed by atoms with E-state index in [0.29, 0.717) is 23.9 Å². The van der Waals surface area contributed by atoms with Crippen molar-refractivity contribution >= 4 is 10.8 Å². The summed E-state index contributed by atoms with van der Waals surface area (Å²) in [6.45, 7) is 0. The first-order valence-corrected chi connectivity index (χ1v) is 7.01. The van der Waals surface area contributed by atoms with E-state index >= 15 is 0 Å². The van der Waals surface area contributed by atoms with Crippen molar-refractivity contribution < 1.29 is 13.2 Å². The molecule has 0 bridgehead atoms. The largest absolute Gasteiger partial charge is 0.391 e. The Labute approximate surface area is 119 Å². The summed E-state index contributed by atoms with van der Waals surface area (Å²) in [5.74, 6) is -1.23. The van der Waals surface area contributed by atoms with Gasteiger partial charge in [-0.2, -0.15) is 18.3 Å². The molecule has 1 N–H and O–H groups in total. The smallest absolute Gasteiger partial charge is 0.267 e. The van der Waals surface area contributed by atoms with Crippen LogP contribution in [0.3, 0.4) is 0 Å². The number of hydrogen-bond donors (Lipinski definition) is 1. The number of aromatic nitrogens is 2. The summed E-state index contributed by atoms with van der Waals surface area (Å²) < 4.78 is 38.1. The van der Waals surface area contributed by atoms with Crippen molar-refractivity contribution in [1.82, 2.24) is 10.2 Å². The third-order valence-electron chi connectivity index (χ3n) is 4.30. The first-order chi connectivity index (χ1) is 9.97. The molecule has 1 aliphatic carbocycles. The molecule has 0 aliphatic heterocycles. The summed E-state index contributed by atoms with van der Waals surface area (Å²) in [6, 6.07) is 7.10. The molecule has 21 heavy (non-hydrogen) atoms. The van der Waals surface area contributed by atoms with Crippen molar-refractivity contribution in [1.29, 1.82) is 0 Å². The Morgan fingerprint density at radius 2 is 1.67 bits per heavy atom. The minimum Gasteiger partial charge on any atom is -0.267 e. The quantitative estimate of drug-likeness (QED) is 0.871. The Balaban J connectivity index is 1.90. The third kappa shape index (κ3) is 2.66. The maximum absolute atomic E-state index is 12.7. The van der Waals surface area contributed by atoms with Gasteiger partial charge in [0.25, 0.3) is 5.56 Å². The lowest BCUT2D eigenvalue weighted by Gasteiger charge is -2.29. The highest BCUT2D eigenvalue weighted by atomic mass is 19.4. The van der Waals surface area contributed by atoms with E-state index < -0.39 is 12.1 Å². The topological polar surface area (TPSA) is 45.8 Å². The van der Waals surface area contributed by atoms with Gasteiger partial charge in [-0.15, -0.1) is 0 Å². The maximum Gasteiger partial charge on any atom is 0.391 e. The third-order valence-corrected chi connectivity index (χ3v) is 4.30. The summed E-state index contributed by atoms with van der Waals surface area (Å²) in [7, 11) is 0. The van der Waals surface area contributed by atoms with Crippen LogP contribution in [0.1, 0.15) is 37.3 Å². The second kappa shape index (κ2) is 5.16. The van der Waals surface area contributed by atoms with Crippen LogP contribution >= 0.6 is 0 Å². The van der Waals surface area contributed by atoms with E-state index in [2.05, 4.69) is 10.2 Å². The molecule has 112 valence electrons. The van der Waals surface area contributed by atoms with Gasteiger partial charge >= 0.3 is 6.18 Å². The van der Waals surface area contributed by atoms with Gasteiger partial charge in [-0.25, -0.2) is 5.10 Å². The second-order valence-corrected chi connectivity index (χ2v) is 5.57. The van der Waals surface area contributed by atoms with Crippen molar-refractivity contribution in [2.75, 3.05) is 0 Å². The Hall–Kier alpha value is -1.85. The number of H-pyrrole nitrogens is 1. The zero-order valence-corrected chi connectivity index (χ0v) is 11.3. The lowest BCUT2D eigenvalue weighted by atomic mass is 9.79. The zero-order valence-electron chi connectivity index (χ0n) is 11.3. The van der Waals surface area contributed by atoms with Gasteiger partial charge < -0.3 is 0 Å². The van der Waals surface area contributed by atoms with Crippen LogP contribution in [0.4, 0.5) is 13.2 Å². The van der Waals surface area contributed by atoms with Gasteiger partial charge in [0.1, 0.15) is 0 Å². The molecule has 0 radical (unpaired) electrons. The maximum atomic E-state index is 12.7. The van der Waals surface area contributed by atoms with Crippen LogP contribution in [0.2, 0.25) is 0 Å². The Morgan fingerprint density at radius 3 is 2.29 bits per heavy atom. The predicted octanol–water partition coefficient (Wildman–Crippen LogP) is 3.76. The van der Waals surface area contributed by atoms with Crippen LogP contribution in [0, 0.1) is 5.92 Å². The molecule has 0 amide bonds. The lowest BCUT2D eigenvalue weighted by Crippen LogP contribution is -2.27. The van der Waals surface area contributed by atoms with Gasteiger partial charge in [0.15, 0.2) is 0 Å². The van der Waals surface area contributed by atoms with Gasteiger partial charge in [-0.1, -0.05) is 18.2 Å². The van der Waals surface area contributed by atoms with E-state index in [9.17, 15) is 18.0 Å². The molecular weight excluding hydrogens is 281 g/mol. The molecular formula is C15H15F3N2O. The fraction of sp³-hybridized carbons (Fsp3) is 0.467. The van der Waals surface area contributed by atoms with E-state index in [1.807, 2.05) is 12.1 Å². The van der Waals surface area contributed by atoms with E-state index in [1.54, 1.807) is 12.1 Å². The van der Waals surface area contributed by atoms with Crippen LogP contribution in [0.5, 0.6) is 0 Å². The Bertz CT molecular complexity index is 700. The van der Waals surface area contributed by atoms with E-state index in [1.165, 1.54) is 0 Å². The van der Waals surface area contributed by atoms with Crippen molar-refractivity contribution in [2.45, 2.75) is 37.8 Å². The molecule has 0 spiro atoms. The van der Waals surface area contributed by atoms with E-state index in [0.717, 1.165) is 5.39 Å². The van der Waals surface area contributed by atoms with Gasteiger partial charge in [0.2, 0.25) is 0 Å².